The van der Waals surface area contributed by atoms with Crippen molar-refractivity contribution < 1.29 is 23.8 Å². The molecule has 176 valence electrons. The van der Waals surface area contributed by atoms with Crippen molar-refractivity contribution in [3.05, 3.63) is 77.4 Å². The number of hydrogen-bond donors (Lipinski definition) is 1. The quantitative estimate of drug-likeness (QED) is 0.553. The van der Waals surface area contributed by atoms with Crippen LogP contribution >= 0.6 is 0 Å². The molecule has 0 spiro atoms. The zero-order valence-corrected chi connectivity index (χ0v) is 19.2. The number of benzene rings is 3. The van der Waals surface area contributed by atoms with E-state index in [9.17, 15) is 9.59 Å². The number of nitrogens with one attached hydrogen (secondary N) is 1. The van der Waals surface area contributed by atoms with E-state index in [2.05, 4.69) is 29.6 Å². The molecule has 1 heterocycles. The van der Waals surface area contributed by atoms with Crippen molar-refractivity contribution in [2.45, 2.75) is 25.3 Å². The number of fused-ring (bicyclic) bond motifs is 1. The molecule has 1 aliphatic carbocycles. The van der Waals surface area contributed by atoms with E-state index in [4.69, 9.17) is 14.2 Å². The number of carbonyl (C=O) groups is 2. The Balaban J connectivity index is 1.26. The van der Waals surface area contributed by atoms with E-state index in [-0.39, 0.29) is 18.2 Å². The van der Waals surface area contributed by atoms with Crippen molar-refractivity contribution in [1.29, 1.82) is 0 Å². The summed E-state index contributed by atoms with van der Waals surface area (Å²) >= 11 is 0. The Labute approximate surface area is 198 Å². The molecule has 1 N–H and O–H groups in total. The van der Waals surface area contributed by atoms with Gasteiger partial charge >= 0.3 is 6.09 Å². The number of rotatable bonds is 6. The van der Waals surface area contributed by atoms with E-state index < -0.39 is 6.09 Å². The van der Waals surface area contributed by atoms with Gasteiger partial charge in [0.2, 0.25) is 6.79 Å². The van der Waals surface area contributed by atoms with Crippen LogP contribution in [-0.2, 0) is 15.0 Å². The number of nitrogens with zero attached hydrogens (tertiary/aromatic N) is 1. The van der Waals surface area contributed by atoms with Gasteiger partial charge in [-0.15, -0.1) is 0 Å². The Morgan fingerprint density at radius 2 is 1.79 bits per heavy atom. The van der Waals surface area contributed by atoms with Gasteiger partial charge in [-0.1, -0.05) is 48.5 Å². The molecule has 0 unspecified atom stereocenters. The van der Waals surface area contributed by atoms with Crippen LogP contribution < -0.4 is 10.1 Å². The summed E-state index contributed by atoms with van der Waals surface area (Å²) in [6, 6.07) is 19.8. The maximum Gasteiger partial charge on any atom is 0.412 e. The molecule has 7 heteroatoms. The third kappa shape index (κ3) is 4.56. The van der Waals surface area contributed by atoms with Gasteiger partial charge in [0.05, 0.1) is 18.8 Å². The minimum absolute atomic E-state index is 0.140. The first-order valence-electron chi connectivity index (χ1n) is 11.6. The Hall–Kier alpha value is -3.58. The average Bonchev–Trinajstić information content (AvgIpc) is 3.65. The van der Waals surface area contributed by atoms with Crippen molar-refractivity contribution in [3.63, 3.8) is 0 Å². The summed E-state index contributed by atoms with van der Waals surface area (Å²) in [6.45, 7) is 3.70. The number of hydrogen-bond acceptors (Lipinski definition) is 5. The van der Waals surface area contributed by atoms with Crippen LogP contribution in [0.2, 0.25) is 0 Å². The van der Waals surface area contributed by atoms with Gasteiger partial charge in [-0.2, -0.15) is 0 Å². The highest BCUT2D eigenvalue weighted by Gasteiger charge is 2.46. The third-order valence-electron chi connectivity index (χ3n) is 6.54. The second-order valence-corrected chi connectivity index (χ2v) is 8.81. The van der Waals surface area contributed by atoms with Gasteiger partial charge in [0.25, 0.3) is 5.91 Å². The summed E-state index contributed by atoms with van der Waals surface area (Å²) in [5.41, 5.74) is 2.20. The monoisotopic (exact) mass is 460 g/mol. The van der Waals surface area contributed by atoms with Crippen LogP contribution in [-0.4, -0.2) is 50.0 Å². The highest BCUT2D eigenvalue weighted by Crippen LogP contribution is 2.48. The van der Waals surface area contributed by atoms with Crippen molar-refractivity contribution in [1.82, 2.24) is 10.2 Å². The van der Waals surface area contributed by atoms with E-state index in [1.807, 2.05) is 31.2 Å². The first-order valence-corrected chi connectivity index (χ1v) is 11.6. The molecule has 2 fully saturated rings. The third-order valence-corrected chi connectivity index (χ3v) is 6.54. The molecule has 1 aliphatic heterocycles. The lowest BCUT2D eigenvalue weighted by molar-refractivity contribution is 0.00151. The average molecular weight is 461 g/mol. The van der Waals surface area contributed by atoms with Gasteiger partial charge < -0.3 is 24.4 Å². The molecule has 1 saturated heterocycles. The number of ether oxygens (including phenoxy) is 3. The first-order chi connectivity index (χ1) is 16.6. The van der Waals surface area contributed by atoms with E-state index >= 15 is 0 Å². The molecule has 0 atom stereocenters. The zero-order valence-electron chi connectivity index (χ0n) is 19.2. The van der Waals surface area contributed by atoms with Gasteiger partial charge in [0.15, 0.2) is 0 Å². The highest BCUT2D eigenvalue weighted by atomic mass is 16.7. The Kier molecular flexibility index (Phi) is 6.11. The van der Waals surface area contributed by atoms with Crippen molar-refractivity contribution in [3.8, 4) is 5.75 Å². The summed E-state index contributed by atoms with van der Waals surface area (Å²) in [5, 5.41) is 5.61. The summed E-state index contributed by atoms with van der Waals surface area (Å²) in [4.78, 5) is 27.0. The summed E-state index contributed by atoms with van der Waals surface area (Å²) in [5.74, 6) is 0.333. The fourth-order valence-electron chi connectivity index (χ4n) is 4.43. The van der Waals surface area contributed by atoms with Gasteiger partial charge in [-0.05, 0) is 53.8 Å². The van der Waals surface area contributed by atoms with Crippen LogP contribution in [0.25, 0.3) is 10.8 Å². The summed E-state index contributed by atoms with van der Waals surface area (Å²) in [7, 11) is 0. The smallest absolute Gasteiger partial charge is 0.412 e. The van der Waals surface area contributed by atoms with Crippen molar-refractivity contribution in [2.75, 3.05) is 33.1 Å². The molecule has 5 rings (SSSR count). The maximum absolute atomic E-state index is 13.3. The summed E-state index contributed by atoms with van der Waals surface area (Å²) < 4.78 is 16.1. The second kappa shape index (κ2) is 9.35. The predicted molar refractivity (Wildman–Crippen MR) is 128 cm³/mol. The maximum atomic E-state index is 13.3. The number of aryl methyl sites for hydroxylation is 1. The molecule has 0 radical (unpaired) electrons. The van der Waals surface area contributed by atoms with Gasteiger partial charge in [0.1, 0.15) is 5.75 Å². The SMILES string of the molecule is Cc1ccc(OCOC(=O)N2CCOCC2)cc1C(=O)NC1(c2cccc3ccccc23)CC1. The minimum atomic E-state index is -0.431. The van der Waals surface area contributed by atoms with Gasteiger partial charge in [-0.25, -0.2) is 4.79 Å². The van der Waals surface area contributed by atoms with E-state index in [0.29, 0.717) is 37.6 Å². The predicted octanol–water partition coefficient (Wildman–Crippen LogP) is 4.37. The fourth-order valence-corrected chi connectivity index (χ4v) is 4.43. The molecule has 0 aromatic heterocycles. The van der Waals surface area contributed by atoms with Crippen molar-refractivity contribution in [2.24, 2.45) is 0 Å². The fraction of sp³-hybridized carbons (Fsp3) is 0.333. The lowest BCUT2D eigenvalue weighted by atomic mass is 9.96. The molecular weight excluding hydrogens is 432 g/mol. The molecule has 2 aliphatic rings. The Morgan fingerprint density at radius 1 is 1.03 bits per heavy atom. The minimum Gasteiger partial charge on any atom is -0.457 e. The number of amides is 2. The van der Waals surface area contributed by atoms with Crippen LogP contribution in [0.1, 0.15) is 34.3 Å². The first kappa shape index (κ1) is 22.2. The lowest BCUT2D eigenvalue weighted by Crippen LogP contribution is -2.41. The lowest BCUT2D eigenvalue weighted by Gasteiger charge is -2.25. The van der Waals surface area contributed by atoms with Crippen LogP contribution in [0.4, 0.5) is 4.79 Å². The van der Waals surface area contributed by atoms with Gasteiger partial charge in [0, 0.05) is 18.7 Å². The molecular formula is C27H28N2O5. The molecule has 0 bridgehead atoms. The Morgan fingerprint density at radius 3 is 2.59 bits per heavy atom. The second-order valence-electron chi connectivity index (χ2n) is 8.81. The molecule has 2 amide bonds. The Bertz CT molecular complexity index is 1210. The summed E-state index contributed by atoms with van der Waals surface area (Å²) in [6.07, 6.45) is 1.37. The van der Waals surface area contributed by atoms with Crippen LogP contribution in [0.15, 0.2) is 60.7 Å². The number of carbonyl (C=O) groups excluding carboxylic acids is 2. The van der Waals surface area contributed by atoms with Crippen LogP contribution in [0, 0.1) is 6.92 Å². The van der Waals surface area contributed by atoms with E-state index in [1.165, 1.54) is 10.8 Å². The number of morpholine rings is 1. The van der Waals surface area contributed by atoms with Crippen molar-refractivity contribution >= 4 is 22.8 Å². The van der Waals surface area contributed by atoms with Gasteiger partial charge in [-0.3, -0.25) is 4.79 Å². The molecule has 1 saturated carbocycles. The topological polar surface area (TPSA) is 77.1 Å². The van der Waals surface area contributed by atoms with Crippen LogP contribution in [0.3, 0.4) is 0 Å². The molecule has 34 heavy (non-hydrogen) atoms. The zero-order chi connectivity index (χ0) is 23.5. The van der Waals surface area contributed by atoms with Crippen LogP contribution in [0.5, 0.6) is 5.75 Å². The van der Waals surface area contributed by atoms with E-state index in [0.717, 1.165) is 24.0 Å². The van der Waals surface area contributed by atoms with E-state index in [1.54, 1.807) is 17.0 Å². The molecule has 7 nitrogen and oxygen atoms in total. The molecule has 3 aromatic rings. The standard InChI is InChI=1S/C27H28N2O5/c1-19-9-10-21(33-18-34-26(31)29-13-15-32-16-14-29)17-23(19)25(30)28-27(11-12-27)24-8-4-6-20-5-2-3-7-22(20)24/h2-10,17H,11-16,18H2,1H3,(H,28,30). The normalized spacial score (nSPS) is 16.7. The largest absolute Gasteiger partial charge is 0.457 e. The highest BCUT2D eigenvalue weighted by molar-refractivity contribution is 5.97. The molecule has 3 aromatic carbocycles.